The molecule has 1 saturated heterocycles. The highest BCUT2D eigenvalue weighted by Crippen LogP contribution is 2.39. The van der Waals surface area contributed by atoms with Gasteiger partial charge in [-0.25, -0.2) is 4.98 Å². The number of aromatic nitrogens is 2. The van der Waals surface area contributed by atoms with Crippen molar-refractivity contribution >= 4 is 17.4 Å². The number of rotatable bonds is 7. The van der Waals surface area contributed by atoms with E-state index in [1.54, 1.807) is 4.40 Å². The van der Waals surface area contributed by atoms with Crippen molar-refractivity contribution in [2.24, 2.45) is 5.41 Å². The standard InChI is InChI=1S/C20H27N3O4/c1-4-27-16-6-5-9-23-18(14(2)21-19(16)23)15(24)12-20(13-17(25)26)7-10-22(3)11-8-20/h5-6,9H,4,7-8,10-13H2,1-3H3,(H,25,26). The number of carboxylic acid groups (broad SMARTS) is 1. The van der Waals surface area contributed by atoms with Crippen molar-refractivity contribution in [1.82, 2.24) is 14.3 Å². The van der Waals surface area contributed by atoms with E-state index in [1.165, 1.54) is 0 Å². The van der Waals surface area contributed by atoms with E-state index in [1.807, 2.05) is 39.2 Å². The zero-order valence-electron chi connectivity index (χ0n) is 16.2. The van der Waals surface area contributed by atoms with Gasteiger partial charge in [0.2, 0.25) is 0 Å². The van der Waals surface area contributed by atoms with Crippen LogP contribution in [0.1, 0.15) is 48.8 Å². The summed E-state index contributed by atoms with van der Waals surface area (Å²) in [6.07, 6.45) is 3.47. The molecule has 0 amide bonds. The fraction of sp³-hybridized carbons (Fsp3) is 0.550. The Hall–Kier alpha value is -2.41. The summed E-state index contributed by atoms with van der Waals surface area (Å²) in [5, 5.41) is 9.40. The van der Waals surface area contributed by atoms with E-state index < -0.39 is 11.4 Å². The third-order valence-electron chi connectivity index (χ3n) is 5.46. The molecule has 3 rings (SSSR count). The third-order valence-corrected chi connectivity index (χ3v) is 5.46. The second-order valence-electron chi connectivity index (χ2n) is 7.52. The van der Waals surface area contributed by atoms with Gasteiger partial charge in [0.05, 0.1) is 18.7 Å². The molecule has 0 aliphatic carbocycles. The molecule has 1 N–H and O–H groups in total. The molecule has 146 valence electrons. The Labute approximate surface area is 158 Å². The molecular formula is C20H27N3O4. The van der Waals surface area contributed by atoms with Crippen LogP contribution in [0.3, 0.4) is 0 Å². The molecule has 27 heavy (non-hydrogen) atoms. The number of ether oxygens (including phenoxy) is 1. The van der Waals surface area contributed by atoms with Gasteiger partial charge in [0.1, 0.15) is 5.69 Å². The molecule has 0 radical (unpaired) electrons. The highest BCUT2D eigenvalue weighted by Gasteiger charge is 2.39. The number of carboxylic acids is 1. The van der Waals surface area contributed by atoms with Crippen LogP contribution in [-0.2, 0) is 4.79 Å². The number of piperidine rings is 1. The van der Waals surface area contributed by atoms with Crippen molar-refractivity contribution in [2.45, 2.75) is 39.5 Å². The van der Waals surface area contributed by atoms with Crippen LogP contribution in [0.25, 0.3) is 5.65 Å². The first-order valence-corrected chi connectivity index (χ1v) is 9.39. The molecular weight excluding hydrogens is 346 g/mol. The molecule has 0 atom stereocenters. The summed E-state index contributed by atoms with van der Waals surface area (Å²) < 4.78 is 7.39. The average molecular weight is 373 g/mol. The molecule has 1 aliphatic rings. The SMILES string of the molecule is CCOc1cccn2c(C(=O)CC3(CC(=O)O)CCN(C)CC3)c(C)nc12. The van der Waals surface area contributed by atoms with E-state index >= 15 is 0 Å². The smallest absolute Gasteiger partial charge is 0.303 e. The van der Waals surface area contributed by atoms with Gasteiger partial charge in [-0.05, 0) is 64.4 Å². The van der Waals surface area contributed by atoms with E-state index in [0.717, 1.165) is 13.1 Å². The average Bonchev–Trinajstić information content (AvgIpc) is 2.94. The van der Waals surface area contributed by atoms with Gasteiger partial charge in [-0.2, -0.15) is 0 Å². The third kappa shape index (κ3) is 3.98. The topological polar surface area (TPSA) is 84.1 Å². The lowest BCUT2D eigenvalue weighted by Gasteiger charge is -2.39. The van der Waals surface area contributed by atoms with Crippen LogP contribution >= 0.6 is 0 Å². The lowest BCUT2D eigenvalue weighted by Crippen LogP contribution is -2.40. The Kier molecular flexibility index (Phi) is 5.51. The normalized spacial score (nSPS) is 17.1. The number of pyridine rings is 1. The number of carbonyl (C=O) groups excluding carboxylic acids is 1. The molecule has 7 heteroatoms. The summed E-state index contributed by atoms with van der Waals surface area (Å²) >= 11 is 0. The monoisotopic (exact) mass is 373 g/mol. The van der Waals surface area contributed by atoms with E-state index in [9.17, 15) is 14.7 Å². The number of likely N-dealkylation sites (tertiary alicyclic amines) is 1. The van der Waals surface area contributed by atoms with Crippen molar-refractivity contribution in [3.05, 3.63) is 29.7 Å². The second-order valence-corrected chi connectivity index (χ2v) is 7.52. The quantitative estimate of drug-likeness (QED) is 0.752. The number of carbonyl (C=O) groups is 2. The maximum Gasteiger partial charge on any atom is 0.303 e. The number of fused-ring (bicyclic) bond motifs is 1. The minimum Gasteiger partial charge on any atom is -0.490 e. The summed E-state index contributed by atoms with van der Waals surface area (Å²) in [6, 6.07) is 3.67. The lowest BCUT2D eigenvalue weighted by atomic mass is 9.72. The first kappa shape index (κ1) is 19.4. The summed E-state index contributed by atoms with van der Waals surface area (Å²) in [7, 11) is 2.02. The first-order valence-electron chi connectivity index (χ1n) is 9.39. The number of imidazole rings is 1. The minimum absolute atomic E-state index is 0.0204. The van der Waals surface area contributed by atoms with Gasteiger partial charge in [0.15, 0.2) is 17.2 Å². The summed E-state index contributed by atoms with van der Waals surface area (Å²) in [4.78, 5) is 31.4. The molecule has 0 unspecified atom stereocenters. The number of hydrogen-bond donors (Lipinski definition) is 1. The van der Waals surface area contributed by atoms with Crippen LogP contribution in [0.4, 0.5) is 0 Å². The van der Waals surface area contributed by atoms with E-state index in [4.69, 9.17) is 4.74 Å². The Morgan fingerprint density at radius 2 is 2.00 bits per heavy atom. The molecule has 3 heterocycles. The van der Waals surface area contributed by atoms with Crippen LogP contribution in [0.15, 0.2) is 18.3 Å². The van der Waals surface area contributed by atoms with Crippen LogP contribution in [0.2, 0.25) is 0 Å². The Morgan fingerprint density at radius 3 is 2.63 bits per heavy atom. The molecule has 0 aromatic carbocycles. The number of aryl methyl sites for hydroxylation is 1. The van der Waals surface area contributed by atoms with Gasteiger partial charge in [-0.15, -0.1) is 0 Å². The zero-order valence-corrected chi connectivity index (χ0v) is 16.2. The summed E-state index contributed by atoms with van der Waals surface area (Å²) in [5.74, 6) is -0.262. The van der Waals surface area contributed by atoms with Crippen molar-refractivity contribution in [1.29, 1.82) is 0 Å². The van der Waals surface area contributed by atoms with Crippen LogP contribution in [0.5, 0.6) is 5.75 Å². The molecule has 0 spiro atoms. The van der Waals surface area contributed by atoms with Gasteiger partial charge in [-0.3, -0.25) is 14.0 Å². The predicted octanol–water partition coefficient (Wildman–Crippen LogP) is 2.80. The van der Waals surface area contributed by atoms with Crippen LogP contribution < -0.4 is 4.74 Å². The zero-order chi connectivity index (χ0) is 19.6. The Bertz CT molecular complexity index is 850. The Morgan fingerprint density at radius 1 is 1.30 bits per heavy atom. The highest BCUT2D eigenvalue weighted by atomic mass is 16.5. The first-order chi connectivity index (χ1) is 12.8. The molecule has 0 bridgehead atoms. The van der Waals surface area contributed by atoms with Gasteiger partial charge < -0.3 is 14.7 Å². The highest BCUT2D eigenvalue weighted by molar-refractivity contribution is 5.97. The number of ketones is 1. The lowest BCUT2D eigenvalue weighted by molar-refractivity contribution is -0.140. The molecule has 7 nitrogen and oxygen atoms in total. The van der Waals surface area contributed by atoms with Crippen molar-refractivity contribution in [3.8, 4) is 5.75 Å². The number of nitrogens with zero attached hydrogens (tertiary/aromatic N) is 3. The van der Waals surface area contributed by atoms with Crippen LogP contribution in [-0.4, -0.2) is 57.9 Å². The van der Waals surface area contributed by atoms with Gasteiger partial charge in [0, 0.05) is 12.6 Å². The van der Waals surface area contributed by atoms with Gasteiger partial charge >= 0.3 is 5.97 Å². The molecule has 1 aliphatic heterocycles. The van der Waals surface area contributed by atoms with E-state index in [0.29, 0.717) is 42.2 Å². The maximum atomic E-state index is 13.2. The molecule has 2 aromatic rings. The maximum absolute atomic E-state index is 13.2. The fourth-order valence-electron chi connectivity index (χ4n) is 4.01. The largest absolute Gasteiger partial charge is 0.490 e. The van der Waals surface area contributed by atoms with Gasteiger partial charge in [0.25, 0.3) is 0 Å². The molecule has 2 aromatic heterocycles. The fourth-order valence-corrected chi connectivity index (χ4v) is 4.01. The number of Topliss-reactive ketones (excluding diaryl/α,β-unsaturated/α-hetero) is 1. The van der Waals surface area contributed by atoms with E-state index in [2.05, 4.69) is 9.88 Å². The second kappa shape index (κ2) is 7.68. The van der Waals surface area contributed by atoms with Crippen molar-refractivity contribution in [2.75, 3.05) is 26.7 Å². The van der Waals surface area contributed by atoms with Crippen molar-refractivity contribution < 1.29 is 19.4 Å². The number of hydrogen-bond acceptors (Lipinski definition) is 5. The summed E-state index contributed by atoms with van der Waals surface area (Å²) in [6.45, 7) is 5.85. The van der Waals surface area contributed by atoms with Crippen LogP contribution in [0, 0.1) is 12.3 Å². The molecule has 0 saturated carbocycles. The van der Waals surface area contributed by atoms with Crippen molar-refractivity contribution in [3.63, 3.8) is 0 Å². The number of aliphatic carboxylic acids is 1. The minimum atomic E-state index is -0.846. The molecule has 1 fully saturated rings. The van der Waals surface area contributed by atoms with E-state index in [-0.39, 0.29) is 18.6 Å². The Balaban J connectivity index is 1.94. The predicted molar refractivity (Wildman–Crippen MR) is 101 cm³/mol. The van der Waals surface area contributed by atoms with Gasteiger partial charge in [-0.1, -0.05) is 0 Å². The summed E-state index contributed by atoms with van der Waals surface area (Å²) in [5.41, 5.74) is 1.29.